The summed E-state index contributed by atoms with van der Waals surface area (Å²) in [5, 5.41) is 0.494. The van der Waals surface area contributed by atoms with Crippen molar-refractivity contribution in [1.82, 2.24) is 14.2 Å². The molecule has 3 aromatic carbocycles. The minimum atomic E-state index is -3.61. The van der Waals surface area contributed by atoms with Crippen LogP contribution in [0.1, 0.15) is 55.1 Å². The molecule has 4 aromatic rings. The zero-order valence-electron chi connectivity index (χ0n) is 26.0. The lowest BCUT2D eigenvalue weighted by Gasteiger charge is -2.41. The Balaban J connectivity index is 1.22. The van der Waals surface area contributed by atoms with Crippen molar-refractivity contribution in [3.8, 4) is 5.69 Å². The SMILES string of the molecule is CC1CN(c2ccc(F)cc2)CCN1C(=O)c1ccc2c(=O)n(-c3ccc(F)cc3)c(CCCCC(=O)NS(=O)(=O)C3CC3)cc2c1. The van der Waals surface area contributed by atoms with Gasteiger partial charge in [-0.1, -0.05) is 0 Å². The lowest BCUT2D eigenvalue weighted by molar-refractivity contribution is -0.119. The Bertz CT molecular complexity index is 1980. The standard InChI is InChI=1S/C35H36F2N4O5S/c1-23-22-39(28-11-7-26(36)8-12-28)18-19-40(23)34(43)24-6-17-32-25(20-24)21-30(41(35(32)44)29-13-9-27(37)10-14-29)4-2-3-5-33(42)38-47(45,46)31-15-16-31/h6-14,17,20-21,23,31H,2-5,15-16,18-19,22H2,1H3,(H,38,42). The number of rotatable bonds is 10. The summed E-state index contributed by atoms with van der Waals surface area (Å²) in [6.07, 6.45) is 2.40. The van der Waals surface area contributed by atoms with Gasteiger partial charge in [0.25, 0.3) is 11.5 Å². The first-order valence-corrected chi connectivity index (χ1v) is 17.4. The van der Waals surface area contributed by atoms with Crippen LogP contribution in [0.5, 0.6) is 0 Å². The number of unbranched alkanes of at least 4 members (excludes halogenated alkanes) is 1. The molecule has 246 valence electrons. The molecule has 1 N–H and O–H groups in total. The molecule has 1 atom stereocenters. The topological polar surface area (TPSA) is 109 Å². The third kappa shape index (κ3) is 7.22. The molecular formula is C35H36F2N4O5S. The number of nitrogens with zero attached hydrogens (tertiary/aromatic N) is 3. The number of carbonyl (C=O) groups is 2. The number of benzene rings is 3. The van der Waals surface area contributed by atoms with Gasteiger partial charge in [-0.3, -0.25) is 23.7 Å². The van der Waals surface area contributed by atoms with Crippen LogP contribution in [0, 0.1) is 11.6 Å². The second-order valence-electron chi connectivity index (χ2n) is 12.3. The average Bonchev–Trinajstić information content (AvgIpc) is 3.90. The Morgan fingerprint density at radius 1 is 0.872 bits per heavy atom. The lowest BCUT2D eigenvalue weighted by atomic mass is 10.0. The van der Waals surface area contributed by atoms with Gasteiger partial charge in [-0.2, -0.15) is 0 Å². The molecule has 1 aliphatic carbocycles. The Hall–Kier alpha value is -4.58. The second-order valence-corrected chi connectivity index (χ2v) is 14.3. The maximum Gasteiger partial charge on any atom is 0.263 e. The van der Waals surface area contributed by atoms with Crippen molar-refractivity contribution in [2.45, 2.75) is 56.7 Å². The zero-order valence-corrected chi connectivity index (χ0v) is 26.8. The van der Waals surface area contributed by atoms with E-state index in [1.54, 1.807) is 35.2 Å². The molecule has 1 aromatic heterocycles. The number of piperazine rings is 1. The van der Waals surface area contributed by atoms with Gasteiger partial charge in [-0.25, -0.2) is 17.2 Å². The molecule has 1 unspecified atom stereocenters. The van der Waals surface area contributed by atoms with Crippen molar-refractivity contribution in [3.05, 3.63) is 106 Å². The van der Waals surface area contributed by atoms with Crippen LogP contribution in [-0.2, 0) is 21.2 Å². The number of hydrogen-bond acceptors (Lipinski definition) is 6. The lowest BCUT2D eigenvalue weighted by Crippen LogP contribution is -2.54. The number of carbonyl (C=O) groups excluding carboxylic acids is 2. The first-order chi connectivity index (χ1) is 22.5. The van der Waals surface area contributed by atoms with Crippen LogP contribution in [0.25, 0.3) is 16.5 Å². The van der Waals surface area contributed by atoms with Crippen molar-refractivity contribution in [2.75, 3.05) is 24.5 Å². The average molecular weight is 663 g/mol. The summed E-state index contributed by atoms with van der Waals surface area (Å²) in [6.45, 7) is 3.62. The minimum Gasteiger partial charge on any atom is -0.368 e. The molecule has 9 nitrogen and oxygen atoms in total. The predicted molar refractivity (Wildman–Crippen MR) is 176 cm³/mol. The molecule has 1 aliphatic heterocycles. The van der Waals surface area contributed by atoms with Gasteiger partial charge < -0.3 is 9.80 Å². The number of sulfonamides is 1. The number of hydrogen-bond donors (Lipinski definition) is 1. The number of halogens is 2. The first-order valence-electron chi connectivity index (χ1n) is 15.8. The normalized spacial score (nSPS) is 16.8. The number of aromatic nitrogens is 1. The molecular weight excluding hydrogens is 626 g/mol. The Labute approximate surface area is 271 Å². The largest absolute Gasteiger partial charge is 0.368 e. The smallest absolute Gasteiger partial charge is 0.263 e. The van der Waals surface area contributed by atoms with Crippen LogP contribution in [0.4, 0.5) is 14.5 Å². The number of fused-ring (bicyclic) bond motifs is 1. The van der Waals surface area contributed by atoms with Crippen molar-refractivity contribution >= 4 is 38.3 Å². The summed E-state index contributed by atoms with van der Waals surface area (Å²) >= 11 is 0. The number of anilines is 1. The van der Waals surface area contributed by atoms with E-state index in [4.69, 9.17) is 0 Å². The highest BCUT2D eigenvalue weighted by Gasteiger charge is 2.36. The van der Waals surface area contributed by atoms with Gasteiger partial charge in [0.05, 0.1) is 5.25 Å². The van der Waals surface area contributed by atoms with Gasteiger partial charge in [0, 0.05) is 60.1 Å². The number of pyridine rings is 1. The molecule has 6 rings (SSSR count). The molecule has 1 saturated carbocycles. The molecule has 1 saturated heterocycles. The molecule has 2 fully saturated rings. The van der Waals surface area contributed by atoms with E-state index in [9.17, 15) is 31.6 Å². The molecule has 0 bridgehead atoms. The van der Waals surface area contributed by atoms with Gasteiger partial charge in [0.2, 0.25) is 15.9 Å². The highest BCUT2D eigenvalue weighted by molar-refractivity contribution is 7.90. The summed E-state index contributed by atoms with van der Waals surface area (Å²) in [5.41, 5.74) is 2.11. The fraction of sp³-hybridized carbons (Fsp3) is 0.343. The van der Waals surface area contributed by atoms with Crippen molar-refractivity contribution in [3.63, 3.8) is 0 Å². The maximum absolute atomic E-state index is 13.8. The van der Waals surface area contributed by atoms with E-state index in [1.807, 2.05) is 13.0 Å². The van der Waals surface area contributed by atoms with Crippen molar-refractivity contribution < 1.29 is 26.8 Å². The third-order valence-electron chi connectivity index (χ3n) is 8.81. The van der Waals surface area contributed by atoms with Gasteiger partial charge in [0.15, 0.2) is 0 Å². The van der Waals surface area contributed by atoms with E-state index in [0.717, 1.165) is 5.69 Å². The third-order valence-corrected chi connectivity index (χ3v) is 10.7. The van der Waals surface area contributed by atoms with Gasteiger partial charge in [0.1, 0.15) is 11.6 Å². The quantitative estimate of drug-likeness (QED) is 0.241. The van der Waals surface area contributed by atoms with E-state index < -0.39 is 27.0 Å². The van der Waals surface area contributed by atoms with Gasteiger partial charge in [-0.05, 0) is 117 Å². The number of amides is 2. The molecule has 2 heterocycles. The molecule has 47 heavy (non-hydrogen) atoms. The monoisotopic (exact) mass is 662 g/mol. The van der Waals surface area contributed by atoms with E-state index in [1.165, 1.54) is 41.0 Å². The van der Waals surface area contributed by atoms with Crippen LogP contribution in [0.15, 0.2) is 77.6 Å². The highest BCUT2D eigenvalue weighted by Crippen LogP contribution is 2.28. The second kappa shape index (κ2) is 13.3. The van der Waals surface area contributed by atoms with Gasteiger partial charge in [-0.15, -0.1) is 0 Å². The van der Waals surface area contributed by atoms with Crippen LogP contribution < -0.4 is 15.2 Å². The summed E-state index contributed by atoms with van der Waals surface area (Å²) in [4.78, 5) is 43.7. The Kier molecular flexibility index (Phi) is 9.14. The molecule has 2 aliphatic rings. The number of aryl methyl sites for hydroxylation is 1. The maximum atomic E-state index is 13.8. The Morgan fingerprint density at radius 3 is 2.17 bits per heavy atom. The number of nitrogens with one attached hydrogen (secondary N) is 1. The van der Waals surface area contributed by atoms with E-state index >= 15 is 0 Å². The van der Waals surface area contributed by atoms with E-state index in [0.29, 0.717) is 79.5 Å². The molecule has 0 radical (unpaired) electrons. The van der Waals surface area contributed by atoms with Crippen LogP contribution in [0.3, 0.4) is 0 Å². The summed E-state index contributed by atoms with van der Waals surface area (Å²) in [5.74, 6) is -1.45. The van der Waals surface area contributed by atoms with Crippen LogP contribution in [-0.4, -0.2) is 60.6 Å². The van der Waals surface area contributed by atoms with Crippen LogP contribution in [0.2, 0.25) is 0 Å². The minimum absolute atomic E-state index is 0.0194. The van der Waals surface area contributed by atoms with E-state index in [-0.39, 0.29) is 29.7 Å². The highest BCUT2D eigenvalue weighted by atomic mass is 32.2. The van der Waals surface area contributed by atoms with Crippen LogP contribution >= 0.6 is 0 Å². The fourth-order valence-corrected chi connectivity index (χ4v) is 7.48. The summed E-state index contributed by atoms with van der Waals surface area (Å²) < 4.78 is 55.0. The van der Waals surface area contributed by atoms with Gasteiger partial charge >= 0.3 is 0 Å². The zero-order chi connectivity index (χ0) is 33.3. The van der Waals surface area contributed by atoms with Crippen molar-refractivity contribution in [1.29, 1.82) is 0 Å². The van der Waals surface area contributed by atoms with Crippen molar-refractivity contribution in [2.24, 2.45) is 0 Å². The Morgan fingerprint density at radius 2 is 1.53 bits per heavy atom. The first kappa shape index (κ1) is 32.4. The summed E-state index contributed by atoms with van der Waals surface area (Å²) in [6, 6.07) is 18.6. The summed E-state index contributed by atoms with van der Waals surface area (Å²) in [7, 11) is -3.61. The molecule has 12 heteroatoms. The molecule has 2 amide bonds. The molecule has 0 spiro atoms. The fourth-order valence-electron chi connectivity index (χ4n) is 6.14. The van der Waals surface area contributed by atoms with E-state index in [2.05, 4.69) is 9.62 Å². The predicted octanol–water partition coefficient (Wildman–Crippen LogP) is 4.94.